The van der Waals surface area contributed by atoms with E-state index >= 15 is 0 Å². The lowest BCUT2D eigenvalue weighted by atomic mass is 10.3. The normalized spacial score (nSPS) is 42.0. The fourth-order valence-electron chi connectivity index (χ4n) is 0.870. The maximum atomic E-state index is 11.9. The SMILES string of the molecule is F[C@@H]1CCC[C@@H]1F. The zero-order chi connectivity index (χ0) is 5.28. The van der Waals surface area contributed by atoms with Crippen LogP contribution >= 0.6 is 0 Å². The predicted molar refractivity (Wildman–Crippen MR) is 23.6 cm³/mol. The molecule has 0 heterocycles. The summed E-state index contributed by atoms with van der Waals surface area (Å²) in [7, 11) is 0. The molecule has 0 amide bonds. The summed E-state index contributed by atoms with van der Waals surface area (Å²) < 4.78 is 23.9. The van der Waals surface area contributed by atoms with E-state index in [0.717, 1.165) is 6.42 Å². The molecule has 0 aliphatic heterocycles. The number of halogens is 2. The summed E-state index contributed by atoms with van der Waals surface area (Å²) in [6, 6.07) is 0. The van der Waals surface area contributed by atoms with Gasteiger partial charge in [-0.3, -0.25) is 0 Å². The Labute approximate surface area is 41.5 Å². The first kappa shape index (κ1) is 5.01. The molecule has 0 radical (unpaired) electrons. The fourth-order valence-corrected chi connectivity index (χ4v) is 0.870. The molecule has 2 atom stereocenters. The third kappa shape index (κ3) is 0.898. The van der Waals surface area contributed by atoms with Crippen LogP contribution in [0.3, 0.4) is 0 Å². The Hall–Kier alpha value is -0.140. The first-order valence-corrected chi connectivity index (χ1v) is 2.59. The molecule has 1 aliphatic rings. The van der Waals surface area contributed by atoms with E-state index in [4.69, 9.17) is 0 Å². The van der Waals surface area contributed by atoms with Gasteiger partial charge in [0, 0.05) is 0 Å². The Morgan fingerprint density at radius 3 is 1.57 bits per heavy atom. The summed E-state index contributed by atoms with van der Waals surface area (Å²) in [4.78, 5) is 0. The largest absolute Gasteiger partial charge is 0.244 e. The molecule has 42 valence electrons. The Balaban J connectivity index is 2.33. The van der Waals surface area contributed by atoms with Gasteiger partial charge in [-0.2, -0.15) is 0 Å². The summed E-state index contributed by atoms with van der Waals surface area (Å²) >= 11 is 0. The van der Waals surface area contributed by atoms with Crippen LogP contribution in [0.4, 0.5) is 8.78 Å². The van der Waals surface area contributed by atoms with Crippen molar-refractivity contribution in [2.75, 3.05) is 0 Å². The number of hydrogen-bond acceptors (Lipinski definition) is 0. The van der Waals surface area contributed by atoms with Crippen molar-refractivity contribution in [3.63, 3.8) is 0 Å². The van der Waals surface area contributed by atoms with Crippen molar-refractivity contribution in [1.82, 2.24) is 0 Å². The second-order valence-corrected chi connectivity index (χ2v) is 1.96. The fraction of sp³-hybridized carbons (Fsp3) is 1.00. The van der Waals surface area contributed by atoms with Crippen molar-refractivity contribution in [1.29, 1.82) is 0 Å². The molecule has 1 saturated carbocycles. The molecule has 0 bridgehead atoms. The summed E-state index contributed by atoms with van der Waals surface area (Å²) in [5.41, 5.74) is 0. The van der Waals surface area contributed by atoms with E-state index in [1.807, 2.05) is 0 Å². The molecule has 1 fully saturated rings. The van der Waals surface area contributed by atoms with Crippen LogP contribution in [-0.2, 0) is 0 Å². The molecular formula is C5H8F2. The van der Waals surface area contributed by atoms with Crippen LogP contribution < -0.4 is 0 Å². The van der Waals surface area contributed by atoms with E-state index in [1.165, 1.54) is 0 Å². The molecule has 0 saturated heterocycles. The molecule has 0 N–H and O–H groups in total. The van der Waals surface area contributed by atoms with Gasteiger partial charge in [0.1, 0.15) is 12.3 Å². The minimum absolute atomic E-state index is 0.432. The van der Waals surface area contributed by atoms with E-state index < -0.39 is 12.3 Å². The second-order valence-electron chi connectivity index (χ2n) is 1.96. The topological polar surface area (TPSA) is 0 Å². The van der Waals surface area contributed by atoms with Crippen molar-refractivity contribution in [3.05, 3.63) is 0 Å². The minimum atomic E-state index is -1.15. The molecule has 0 spiro atoms. The van der Waals surface area contributed by atoms with Crippen LogP contribution in [0.1, 0.15) is 19.3 Å². The molecule has 0 unspecified atom stereocenters. The van der Waals surface area contributed by atoms with Gasteiger partial charge in [-0.15, -0.1) is 0 Å². The Morgan fingerprint density at radius 1 is 1.00 bits per heavy atom. The molecule has 0 nitrogen and oxygen atoms in total. The van der Waals surface area contributed by atoms with Gasteiger partial charge >= 0.3 is 0 Å². The minimum Gasteiger partial charge on any atom is -0.244 e. The van der Waals surface area contributed by atoms with E-state index in [0.29, 0.717) is 12.8 Å². The molecular weight excluding hydrogens is 98.1 g/mol. The van der Waals surface area contributed by atoms with E-state index in [2.05, 4.69) is 0 Å². The highest BCUT2D eigenvalue weighted by Gasteiger charge is 2.25. The van der Waals surface area contributed by atoms with Gasteiger partial charge in [0.25, 0.3) is 0 Å². The monoisotopic (exact) mass is 106 g/mol. The first-order valence-electron chi connectivity index (χ1n) is 2.59. The molecule has 0 aromatic heterocycles. The summed E-state index contributed by atoms with van der Waals surface area (Å²) in [6.45, 7) is 0. The highest BCUT2D eigenvalue weighted by molar-refractivity contribution is 4.75. The van der Waals surface area contributed by atoms with Gasteiger partial charge in [-0.05, 0) is 19.3 Å². The van der Waals surface area contributed by atoms with Crippen LogP contribution in [0.25, 0.3) is 0 Å². The first-order chi connectivity index (χ1) is 3.30. The van der Waals surface area contributed by atoms with Gasteiger partial charge in [0.15, 0.2) is 0 Å². The van der Waals surface area contributed by atoms with Crippen molar-refractivity contribution >= 4 is 0 Å². The van der Waals surface area contributed by atoms with Crippen LogP contribution in [-0.4, -0.2) is 12.3 Å². The van der Waals surface area contributed by atoms with E-state index in [9.17, 15) is 8.78 Å². The molecule has 7 heavy (non-hydrogen) atoms. The smallest absolute Gasteiger partial charge is 0.131 e. The standard InChI is InChI=1S/C5H8F2/c6-4-2-1-3-5(4)7/h4-5H,1-3H2/t4-,5+. The molecule has 0 aromatic rings. The highest BCUT2D eigenvalue weighted by Crippen LogP contribution is 2.24. The number of alkyl halides is 2. The zero-order valence-electron chi connectivity index (χ0n) is 4.03. The third-order valence-electron chi connectivity index (χ3n) is 1.35. The average molecular weight is 106 g/mol. The number of rotatable bonds is 0. The van der Waals surface area contributed by atoms with E-state index in [-0.39, 0.29) is 0 Å². The van der Waals surface area contributed by atoms with Crippen molar-refractivity contribution < 1.29 is 8.78 Å². The van der Waals surface area contributed by atoms with E-state index in [1.54, 1.807) is 0 Å². The Bertz CT molecular complexity index is 55.1. The van der Waals surface area contributed by atoms with Gasteiger partial charge < -0.3 is 0 Å². The van der Waals surface area contributed by atoms with Crippen LogP contribution in [0.5, 0.6) is 0 Å². The van der Waals surface area contributed by atoms with Gasteiger partial charge in [0.2, 0.25) is 0 Å². The lowest BCUT2D eigenvalue weighted by molar-refractivity contribution is 0.199. The maximum absolute atomic E-state index is 11.9. The van der Waals surface area contributed by atoms with Crippen molar-refractivity contribution in [3.8, 4) is 0 Å². The van der Waals surface area contributed by atoms with Gasteiger partial charge in [-0.1, -0.05) is 0 Å². The molecule has 2 heteroatoms. The summed E-state index contributed by atoms with van der Waals surface area (Å²) in [6.07, 6.45) is -0.718. The summed E-state index contributed by atoms with van der Waals surface area (Å²) in [5.74, 6) is 0. The molecule has 1 rings (SSSR count). The van der Waals surface area contributed by atoms with Crippen LogP contribution in [0.2, 0.25) is 0 Å². The van der Waals surface area contributed by atoms with Crippen molar-refractivity contribution in [2.24, 2.45) is 0 Å². The van der Waals surface area contributed by atoms with Crippen LogP contribution in [0.15, 0.2) is 0 Å². The quantitative estimate of drug-likeness (QED) is 0.442. The van der Waals surface area contributed by atoms with Crippen molar-refractivity contribution in [2.45, 2.75) is 31.6 Å². The summed E-state index contributed by atoms with van der Waals surface area (Å²) in [5, 5.41) is 0. The highest BCUT2D eigenvalue weighted by atomic mass is 19.2. The van der Waals surface area contributed by atoms with Gasteiger partial charge in [0.05, 0.1) is 0 Å². The lowest BCUT2D eigenvalue weighted by Crippen LogP contribution is -2.06. The zero-order valence-corrected chi connectivity index (χ0v) is 4.03. The third-order valence-corrected chi connectivity index (χ3v) is 1.35. The van der Waals surface area contributed by atoms with Crippen LogP contribution in [0, 0.1) is 0 Å². The second kappa shape index (κ2) is 1.76. The Kier molecular flexibility index (Phi) is 1.26. The Morgan fingerprint density at radius 2 is 1.43 bits per heavy atom. The lowest BCUT2D eigenvalue weighted by Gasteiger charge is -1.96. The predicted octanol–water partition coefficient (Wildman–Crippen LogP) is 1.85. The van der Waals surface area contributed by atoms with Gasteiger partial charge in [-0.25, -0.2) is 8.78 Å². The molecule has 1 aliphatic carbocycles. The average Bonchev–Trinajstić information content (AvgIpc) is 1.91. The number of hydrogen-bond donors (Lipinski definition) is 0. The maximum Gasteiger partial charge on any atom is 0.131 e. The molecule has 0 aromatic carbocycles.